The van der Waals surface area contributed by atoms with Crippen LogP contribution in [0.1, 0.15) is 12.8 Å². The van der Waals surface area contributed by atoms with Crippen LogP contribution in [0.5, 0.6) is 5.75 Å². The first kappa shape index (κ1) is 17.7. The Bertz CT molecular complexity index is 1180. The summed E-state index contributed by atoms with van der Waals surface area (Å²) in [7, 11) is 1.73. The van der Waals surface area contributed by atoms with Crippen molar-refractivity contribution in [3.05, 3.63) is 40.8 Å². The highest BCUT2D eigenvalue weighted by atomic mass is 16.5. The summed E-state index contributed by atoms with van der Waals surface area (Å²) < 4.78 is 7.53. The maximum Gasteiger partial charge on any atom is 0.250 e. The summed E-state index contributed by atoms with van der Waals surface area (Å²) in [6, 6.07) is 6.90. The summed E-state index contributed by atoms with van der Waals surface area (Å²) in [6.07, 6.45) is 3.84. The third kappa shape index (κ3) is 3.10. The molecule has 5 rings (SSSR count). The van der Waals surface area contributed by atoms with Gasteiger partial charge in [0, 0.05) is 43.2 Å². The van der Waals surface area contributed by atoms with Crippen molar-refractivity contribution in [1.29, 1.82) is 0 Å². The van der Waals surface area contributed by atoms with Crippen molar-refractivity contribution in [2.45, 2.75) is 18.9 Å². The van der Waals surface area contributed by atoms with Gasteiger partial charge in [-0.1, -0.05) is 0 Å². The lowest BCUT2D eigenvalue weighted by atomic mass is 10.1. The van der Waals surface area contributed by atoms with E-state index in [-0.39, 0.29) is 17.5 Å². The first-order valence-corrected chi connectivity index (χ1v) is 9.80. The normalized spacial score (nSPS) is 16.6. The Morgan fingerprint density at radius 1 is 1.34 bits per heavy atom. The first-order chi connectivity index (χ1) is 14.0. The highest BCUT2D eigenvalue weighted by Gasteiger charge is 2.35. The third-order valence-corrected chi connectivity index (χ3v) is 5.62. The van der Waals surface area contributed by atoms with Crippen molar-refractivity contribution in [2.75, 3.05) is 23.8 Å². The van der Waals surface area contributed by atoms with Crippen LogP contribution >= 0.6 is 0 Å². The average Bonchev–Trinajstić information content (AvgIpc) is 3.48. The standard InChI is InChI=1S/C21H23N5O3/c1-26-10-12(4-5-16(26)27)18-20-17-14(25-18)8-13(9-15(17)29-7-6-23-20)24-19(21(22)28)11-2-3-11/h4-5,8-11,19,23-25H,2-3,6-7H2,1H3,(H2,22,28)/t19-/m0/s1. The number of rotatable bonds is 5. The number of primary amides is 1. The number of ether oxygens (including phenoxy) is 1. The van der Waals surface area contributed by atoms with Crippen molar-refractivity contribution in [2.24, 2.45) is 18.7 Å². The monoisotopic (exact) mass is 393 g/mol. The molecule has 0 radical (unpaired) electrons. The van der Waals surface area contributed by atoms with Gasteiger partial charge in [0.2, 0.25) is 11.5 Å². The van der Waals surface area contributed by atoms with E-state index in [0.29, 0.717) is 19.1 Å². The molecule has 8 nitrogen and oxygen atoms in total. The van der Waals surface area contributed by atoms with Gasteiger partial charge in [-0.3, -0.25) is 9.59 Å². The quantitative estimate of drug-likeness (QED) is 0.529. The molecule has 1 atom stereocenters. The first-order valence-electron chi connectivity index (χ1n) is 9.80. The third-order valence-electron chi connectivity index (χ3n) is 5.62. The minimum Gasteiger partial charge on any atom is -0.491 e. The van der Waals surface area contributed by atoms with E-state index in [1.807, 2.05) is 24.4 Å². The molecule has 3 heterocycles. The van der Waals surface area contributed by atoms with Crippen molar-refractivity contribution < 1.29 is 9.53 Å². The number of nitrogens with zero attached hydrogens (tertiary/aromatic N) is 1. The van der Waals surface area contributed by atoms with Gasteiger partial charge in [-0.25, -0.2) is 0 Å². The van der Waals surface area contributed by atoms with Crippen LogP contribution in [-0.4, -0.2) is 34.7 Å². The Morgan fingerprint density at radius 3 is 2.90 bits per heavy atom. The lowest BCUT2D eigenvalue weighted by Gasteiger charge is -2.17. The largest absolute Gasteiger partial charge is 0.491 e. The highest BCUT2D eigenvalue weighted by molar-refractivity contribution is 6.06. The molecule has 1 aliphatic heterocycles. The van der Waals surface area contributed by atoms with E-state index < -0.39 is 0 Å². The molecule has 1 amide bonds. The second-order valence-electron chi connectivity index (χ2n) is 7.78. The van der Waals surface area contributed by atoms with Crippen molar-refractivity contribution in [3.63, 3.8) is 0 Å². The van der Waals surface area contributed by atoms with Crippen LogP contribution in [-0.2, 0) is 11.8 Å². The molecule has 1 fully saturated rings. The number of nitrogens with one attached hydrogen (secondary N) is 3. The number of pyridine rings is 1. The van der Waals surface area contributed by atoms with E-state index in [1.165, 1.54) is 0 Å². The highest BCUT2D eigenvalue weighted by Crippen LogP contribution is 2.43. The van der Waals surface area contributed by atoms with Crippen molar-refractivity contribution in [3.8, 4) is 17.0 Å². The Labute approximate surface area is 167 Å². The van der Waals surface area contributed by atoms with Crippen LogP contribution < -0.4 is 26.7 Å². The van der Waals surface area contributed by atoms with Gasteiger partial charge in [0.1, 0.15) is 18.4 Å². The van der Waals surface area contributed by atoms with Crippen LogP contribution in [0, 0.1) is 5.92 Å². The molecule has 1 aromatic carbocycles. The Balaban J connectivity index is 1.63. The molecule has 1 aliphatic carbocycles. The summed E-state index contributed by atoms with van der Waals surface area (Å²) in [5, 5.41) is 7.69. The molecule has 2 aromatic heterocycles. The molecule has 0 bridgehead atoms. The number of amides is 1. The van der Waals surface area contributed by atoms with Gasteiger partial charge in [0.15, 0.2) is 0 Å². The number of aryl methyl sites for hydroxylation is 1. The minimum atomic E-state index is -0.374. The van der Waals surface area contributed by atoms with E-state index >= 15 is 0 Å². The van der Waals surface area contributed by atoms with Gasteiger partial charge in [-0.2, -0.15) is 0 Å². The maximum absolute atomic E-state index is 11.9. The molecule has 0 spiro atoms. The molecule has 2 aliphatic rings. The lowest BCUT2D eigenvalue weighted by Crippen LogP contribution is -2.37. The maximum atomic E-state index is 11.9. The van der Waals surface area contributed by atoms with Crippen LogP contribution in [0.25, 0.3) is 22.2 Å². The number of benzene rings is 1. The number of nitrogens with two attached hydrogens (primary N) is 1. The number of anilines is 2. The molecular weight excluding hydrogens is 370 g/mol. The van der Waals surface area contributed by atoms with Crippen LogP contribution in [0.15, 0.2) is 35.3 Å². The van der Waals surface area contributed by atoms with E-state index in [4.69, 9.17) is 10.5 Å². The number of aromatic nitrogens is 2. The predicted octanol–water partition coefficient (Wildman–Crippen LogP) is 2.01. The van der Waals surface area contributed by atoms with Gasteiger partial charge >= 0.3 is 0 Å². The van der Waals surface area contributed by atoms with Gasteiger partial charge in [0.05, 0.1) is 22.3 Å². The minimum absolute atomic E-state index is 0.0586. The summed E-state index contributed by atoms with van der Waals surface area (Å²) in [4.78, 5) is 27.1. The number of H-pyrrole nitrogens is 1. The zero-order valence-corrected chi connectivity index (χ0v) is 16.1. The summed E-state index contributed by atoms with van der Waals surface area (Å²) >= 11 is 0. The molecule has 5 N–H and O–H groups in total. The fraction of sp³-hybridized carbons (Fsp3) is 0.333. The lowest BCUT2D eigenvalue weighted by molar-refractivity contribution is -0.119. The zero-order chi connectivity index (χ0) is 20.1. The molecular formula is C21H23N5O3. The average molecular weight is 393 g/mol. The molecule has 150 valence electrons. The van der Waals surface area contributed by atoms with Gasteiger partial charge in [-0.05, 0) is 30.9 Å². The zero-order valence-electron chi connectivity index (χ0n) is 16.1. The van der Waals surface area contributed by atoms with Gasteiger partial charge in [-0.15, -0.1) is 0 Å². The number of carbonyl (C=O) groups excluding carboxylic acids is 1. The fourth-order valence-corrected chi connectivity index (χ4v) is 3.99. The SMILES string of the molecule is Cn1cc(-c2[nH]c3cc(N[C@H](C(N)=O)C4CC4)cc4c3c2NCCO4)ccc1=O. The second-order valence-corrected chi connectivity index (χ2v) is 7.78. The molecule has 29 heavy (non-hydrogen) atoms. The summed E-state index contributed by atoms with van der Waals surface area (Å²) in [6.45, 7) is 1.19. The fourth-order valence-electron chi connectivity index (χ4n) is 3.99. The number of carbonyl (C=O) groups is 1. The van der Waals surface area contributed by atoms with E-state index in [2.05, 4.69) is 15.6 Å². The molecule has 0 saturated heterocycles. The molecule has 8 heteroatoms. The predicted molar refractivity (Wildman–Crippen MR) is 112 cm³/mol. The topological polar surface area (TPSA) is 114 Å². The van der Waals surface area contributed by atoms with E-state index in [1.54, 1.807) is 17.7 Å². The Hall–Kier alpha value is -3.42. The van der Waals surface area contributed by atoms with E-state index in [0.717, 1.165) is 52.1 Å². The van der Waals surface area contributed by atoms with Gasteiger partial charge in [0.25, 0.3) is 0 Å². The van der Waals surface area contributed by atoms with Crippen LogP contribution in [0.3, 0.4) is 0 Å². The van der Waals surface area contributed by atoms with Crippen molar-refractivity contribution >= 4 is 28.2 Å². The number of hydrogen-bond acceptors (Lipinski definition) is 5. The van der Waals surface area contributed by atoms with Crippen LogP contribution in [0.4, 0.5) is 11.4 Å². The van der Waals surface area contributed by atoms with E-state index in [9.17, 15) is 9.59 Å². The van der Waals surface area contributed by atoms with Gasteiger partial charge < -0.3 is 30.7 Å². The molecule has 0 unspecified atom stereocenters. The van der Waals surface area contributed by atoms with Crippen LogP contribution in [0.2, 0.25) is 0 Å². The number of hydrogen-bond donors (Lipinski definition) is 4. The Morgan fingerprint density at radius 2 is 2.17 bits per heavy atom. The second kappa shape index (κ2) is 6.58. The molecule has 1 saturated carbocycles. The number of aromatic amines is 1. The summed E-state index contributed by atoms with van der Waals surface area (Å²) in [5.74, 6) is 0.709. The van der Waals surface area contributed by atoms with Crippen molar-refractivity contribution in [1.82, 2.24) is 9.55 Å². The molecule has 3 aromatic rings. The smallest absolute Gasteiger partial charge is 0.250 e. The summed E-state index contributed by atoms with van der Waals surface area (Å²) in [5.41, 5.74) is 9.97. The Kier molecular flexibility index (Phi) is 4.01.